The van der Waals surface area contributed by atoms with Crippen molar-refractivity contribution in [3.8, 4) is 0 Å². The predicted molar refractivity (Wildman–Crippen MR) is 72.1 cm³/mol. The van der Waals surface area contributed by atoms with Crippen LogP contribution in [0, 0.1) is 5.92 Å². The van der Waals surface area contributed by atoms with Gasteiger partial charge in [0.1, 0.15) is 0 Å². The molecule has 1 unspecified atom stereocenters. The topological polar surface area (TPSA) is 35.5 Å². The minimum atomic E-state index is -0.221. The van der Waals surface area contributed by atoms with Crippen LogP contribution in [0.4, 0.5) is 0 Å². The van der Waals surface area contributed by atoms with Crippen LogP contribution in [0.25, 0.3) is 0 Å². The number of nitrogens with zero attached hydrogens (tertiary/aromatic N) is 1. The number of hydrogen-bond donors (Lipinski definition) is 2. The Hall–Kier alpha value is 0.230. The Bertz CT molecular complexity index is 170. The van der Waals surface area contributed by atoms with E-state index in [0.717, 1.165) is 32.7 Å². The molecular weight excluding hydrogens is 220 g/mol. The first-order valence-corrected chi connectivity index (χ1v) is 7.53. The Morgan fingerprint density at radius 1 is 1.25 bits per heavy atom. The average molecular weight is 246 g/mol. The van der Waals surface area contributed by atoms with Crippen LogP contribution < -0.4 is 5.32 Å². The molecule has 1 fully saturated rings. The molecule has 0 amide bonds. The van der Waals surface area contributed by atoms with Crippen LogP contribution in [0.5, 0.6) is 0 Å². The lowest BCUT2D eigenvalue weighted by Gasteiger charge is -2.23. The Balaban J connectivity index is 2.09. The highest BCUT2D eigenvalue weighted by molar-refractivity contribution is 7.99. The van der Waals surface area contributed by atoms with E-state index in [1.54, 1.807) is 0 Å². The molecular formula is C12H26N2OS. The summed E-state index contributed by atoms with van der Waals surface area (Å²) in [5, 5.41) is 13.2. The monoisotopic (exact) mass is 246 g/mol. The standard InChI is InChI=1S/C12H26N2OS/c1-11(2)8-13-9-12(15)10-14-4-3-6-16-7-5-14/h11-13,15H,3-10H2,1-2H3. The summed E-state index contributed by atoms with van der Waals surface area (Å²) in [6.45, 7) is 9.19. The van der Waals surface area contributed by atoms with Gasteiger partial charge in [0.25, 0.3) is 0 Å². The van der Waals surface area contributed by atoms with Crippen LogP contribution in [0.15, 0.2) is 0 Å². The maximum absolute atomic E-state index is 9.90. The molecule has 2 N–H and O–H groups in total. The van der Waals surface area contributed by atoms with Crippen molar-refractivity contribution in [1.82, 2.24) is 10.2 Å². The van der Waals surface area contributed by atoms with Crippen LogP contribution in [0.2, 0.25) is 0 Å². The summed E-state index contributed by atoms with van der Waals surface area (Å²) in [6, 6.07) is 0. The fourth-order valence-electron chi connectivity index (χ4n) is 1.88. The van der Waals surface area contributed by atoms with Crippen LogP contribution in [0.1, 0.15) is 20.3 Å². The fourth-order valence-corrected chi connectivity index (χ4v) is 2.81. The number of hydrogen-bond acceptors (Lipinski definition) is 4. The minimum absolute atomic E-state index is 0.221. The highest BCUT2D eigenvalue weighted by Crippen LogP contribution is 2.09. The number of aliphatic hydroxyl groups is 1. The Morgan fingerprint density at radius 2 is 2.06 bits per heavy atom. The maximum atomic E-state index is 9.90. The van der Waals surface area contributed by atoms with Gasteiger partial charge in [0.2, 0.25) is 0 Å². The van der Waals surface area contributed by atoms with E-state index in [9.17, 15) is 5.11 Å². The van der Waals surface area contributed by atoms with Gasteiger partial charge in [0, 0.05) is 25.4 Å². The summed E-state index contributed by atoms with van der Waals surface area (Å²) in [7, 11) is 0. The lowest BCUT2D eigenvalue weighted by molar-refractivity contribution is 0.115. The van der Waals surface area contributed by atoms with Gasteiger partial charge < -0.3 is 10.4 Å². The van der Waals surface area contributed by atoms with Gasteiger partial charge >= 0.3 is 0 Å². The summed E-state index contributed by atoms with van der Waals surface area (Å²) in [5.41, 5.74) is 0. The summed E-state index contributed by atoms with van der Waals surface area (Å²) in [6.07, 6.45) is 1.04. The number of rotatable bonds is 6. The Morgan fingerprint density at radius 3 is 2.81 bits per heavy atom. The highest BCUT2D eigenvalue weighted by Gasteiger charge is 2.13. The van der Waals surface area contributed by atoms with Crippen LogP contribution in [-0.2, 0) is 0 Å². The van der Waals surface area contributed by atoms with Gasteiger partial charge in [0.15, 0.2) is 0 Å². The fraction of sp³-hybridized carbons (Fsp3) is 1.00. The van der Waals surface area contributed by atoms with Gasteiger partial charge in [-0.05, 0) is 31.2 Å². The molecule has 1 aliphatic heterocycles. The Labute approximate surface area is 104 Å². The van der Waals surface area contributed by atoms with Crippen LogP contribution >= 0.6 is 11.8 Å². The van der Waals surface area contributed by atoms with Gasteiger partial charge in [-0.1, -0.05) is 13.8 Å². The molecule has 1 heterocycles. The first kappa shape index (κ1) is 14.3. The number of nitrogens with one attached hydrogen (secondary N) is 1. The lowest BCUT2D eigenvalue weighted by Crippen LogP contribution is -2.40. The molecule has 0 aromatic rings. The van der Waals surface area contributed by atoms with Gasteiger partial charge in [-0.3, -0.25) is 4.90 Å². The molecule has 16 heavy (non-hydrogen) atoms. The number of β-amino-alcohol motifs (C(OH)–C–C–N with tert-alkyl or cyclic N) is 1. The van der Waals surface area contributed by atoms with Gasteiger partial charge in [-0.25, -0.2) is 0 Å². The van der Waals surface area contributed by atoms with E-state index in [0.29, 0.717) is 5.92 Å². The van der Waals surface area contributed by atoms with E-state index in [4.69, 9.17) is 0 Å². The zero-order chi connectivity index (χ0) is 11.8. The summed E-state index contributed by atoms with van der Waals surface area (Å²) in [5.74, 6) is 3.14. The molecule has 4 heteroatoms. The summed E-state index contributed by atoms with van der Waals surface area (Å²) < 4.78 is 0. The molecule has 0 aliphatic carbocycles. The average Bonchev–Trinajstić information content (AvgIpc) is 2.45. The molecule has 3 nitrogen and oxygen atoms in total. The Kier molecular flexibility index (Phi) is 7.45. The van der Waals surface area contributed by atoms with Gasteiger partial charge in [-0.15, -0.1) is 0 Å². The highest BCUT2D eigenvalue weighted by atomic mass is 32.2. The van der Waals surface area contributed by atoms with Crippen molar-refractivity contribution in [2.75, 3.05) is 44.2 Å². The van der Waals surface area contributed by atoms with Crippen molar-refractivity contribution in [2.45, 2.75) is 26.4 Å². The second-order valence-corrected chi connectivity index (χ2v) is 6.20. The smallest absolute Gasteiger partial charge is 0.0791 e. The van der Waals surface area contributed by atoms with Crippen molar-refractivity contribution in [2.24, 2.45) is 5.92 Å². The van der Waals surface area contributed by atoms with E-state index in [1.807, 2.05) is 11.8 Å². The van der Waals surface area contributed by atoms with Crippen molar-refractivity contribution < 1.29 is 5.11 Å². The van der Waals surface area contributed by atoms with Crippen molar-refractivity contribution >= 4 is 11.8 Å². The number of aliphatic hydroxyl groups excluding tert-OH is 1. The molecule has 1 saturated heterocycles. The van der Waals surface area contributed by atoms with Gasteiger partial charge in [-0.2, -0.15) is 11.8 Å². The van der Waals surface area contributed by atoms with Crippen LogP contribution in [-0.4, -0.2) is 60.3 Å². The van der Waals surface area contributed by atoms with E-state index >= 15 is 0 Å². The molecule has 0 spiro atoms. The molecule has 1 rings (SSSR count). The van der Waals surface area contributed by atoms with Crippen LogP contribution in [0.3, 0.4) is 0 Å². The third-order valence-corrected chi connectivity index (χ3v) is 3.76. The van der Waals surface area contributed by atoms with Gasteiger partial charge in [0.05, 0.1) is 6.10 Å². The molecule has 1 aliphatic rings. The maximum Gasteiger partial charge on any atom is 0.0791 e. The largest absolute Gasteiger partial charge is 0.390 e. The molecule has 0 saturated carbocycles. The van der Waals surface area contributed by atoms with E-state index < -0.39 is 0 Å². The van der Waals surface area contributed by atoms with E-state index in [-0.39, 0.29) is 6.10 Å². The molecule has 0 aromatic carbocycles. The van der Waals surface area contributed by atoms with E-state index in [1.165, 1.54) is 17.9 Å². The number of thioether (sulfide) groups is 1. The van der Waals surface area contributed by atoms with Crippen molar-refractivity contribution in [1.29, 1.82) is 0 Å². The SMILES string of the molecule is CC(C)CNCC(O)CN1CCCSCC1. The quantitative estimate of drug-likeness (QED) is 0.734. The zero-order valence-electron chi connectivity index (χ0n) is 10.6. The first-order chi connectivity index (χ1) is 7.68. The van der Waals surface area contributed by atoms with E-state index in [2.05, 4.69) is 24.1 Å². The molecule has 0 bridgehead atoms. The normalized spacial score (nSPS) is 21.0. The summed E-state index contributed by atoms with van der Waals surface area (Å²) in [4.78, 5) is 2.39. The second-order valence-electron chi connectivity index (χ2n) is 4.97. The van der Waals surface area contributed by atoms with Crippen molar-refractivity contribution in [3.05, 3.63) is 0 Å². The molecule has 96 valence electrons. The predicted octanol–water partition coefficient (Wildman–Crippen LogP) is 1.03. The van der Waals surface area contributed by atoms with Crippen molar-refractivity contribution in [3.63, 3.8) is 0 Å². The lowest BCUT2D eigenvalue weighted by atomic mass is 10.2. The minimum Gasteiger partial charge on any atom is -0.390 e. The third kappa shape index (κ3) is 6.74. The zero-order valence-corrected chi connectivity index (χ0v) is 11.4. The molecule has 0 aromatic heterocycles. The molecule has 1 atom stereocenters. The molecule has 0 radical (unpaired) electrons. The summed E-state index contributed by atoms with van der Waals surface area (Å²) >= 11 is 2.03. The first-order valence-electron chi connectivity index (χ1n) is 6.37. The third-order valence-electron chi connectivity index (χ3n) is 2.72. The second kappa shape index (κ2) is 8.34.